The second kappa shape index (κ2) is 199. The van der Waals surface area contributed by atoms with Gasteiger partial charge in [0.05, 0.1) is 0 Å². The van der Waals surface area contributed by atoms with Crippen molar-refractivity contribution >= 4 is 137 Å². The first-order valence-corrected chi connectivity index (χ1v) is 4.50. The van der Waals surface area contributed by atoms with Gasteiger partial charge in [-0.05, 0) is 0 Å². The van der Waals surface area contributed by atoms with E-state index in [-0.39, 0.29) is 194 Å². The third-order valence-corrected chi connectivity index (χ3v) is 0. The molecule has 0 aromatic carbocycles. The van der Waals surface area contributed by atoms with E-state index in [4.69, 9.17) is 0 Å². The smallest absolute Gasteiger partial charge is 1.00 e. The Morgan fingerprint density at radius 1 is 0.294 bits per heavy atom. The average Bonchev–Trinajstić information content (AvgIpc) is 1.81. The molecule has 0 saturated carbocycles. The Labute approximate surface area is 258 Å². The van der Waals surface area contributed by atoms with Crippen LogP contribution in [0.15, 0.2) is 0 Å². The van der Waals surface area contributed by atoms with Crippen molar-refractivity contribution in [2.45, 2.75) is 0 Å². The van der Waals surface area contributed by atoms with Gasteiger partial charge in [0.15, 0.2) is 0 Å². The molecule has 0 aliphatic heterocycles. The van der Waals surface area contributed by atoms with Gasteiger partial charge < -0.3 is 137 Å². The standard InChI is InChI=1S/6Mo.3S2.5H2S/c;;;;;;3*1-2;;;;;/h;;;;;;;;;5*1H2/q;;;;;+2;3*-2;;;;;/p-5. The first kappa shape index (κ1) is 119. The summed E-state index contributed by atoms with van der Waals surface area (Å²) >= 11 is 22.0. The molecule has 0 spiro atoms. The quantitative estimate of drug-likeness (QED) is 0.122. The molecule has 0 rings (SSSR count). The van der Waals surface area contributed by atoms with Crippen molar-refractivity contribution in [3.05, 3.63) is 0 Å². The van der Waals surface area contributed by atoms with Gasteiger partial charge >= 0.3 is 21.1 Å². The van der Waals surface area contributed by atoms with Crippen LogP contribution in [0.4, 0.5) is 0 Å². The number of thiol groups is 5. The molecule has 0 aromatic rings. The molecule has 17 heavy (non-hydrogen) atoms. The third-order valence-electron chi connectivity index (χ3n) is 0. The molecular weight excluding hydrogens is 928 g/mol. The zero-order chi connectivity index (χ0) is 6.00. The van der Waals surface area contributed by atoms with Gasteiger partial charge in [-0.2, -0.15) is 0 Å². The van der Waals surface area contributed by atoms with Crippen LogP contribution in [-0.2, 0) is 264 Å². The number of rotatable bonds is 0. The van der Waals surface area contributed by atoms with Crippen molar-refractivity contribution in [1.29, 1.82) is 0 Å². The molecule has 0 unspecified atom stereocenters. The zero-order valence-corrected chi connectivity index (χ0v) is 28.5. The molecule has 0 saturated heterocycles. The number of hydrogen-bond acceptors (Lipinski definition) is 11. The zero-order valence-electron chi connectivity index (χ0n) is 7.14. The minimum atomic E-state index is 0. The summed E-state index contributed by atoms with van der Waals surface area (Å²) in [7, 11) is 0. The van der Waals surface area contributed by atoms with Gasteiger partial charge in [0.2, 0.25) is 0 Å². The second-order valence-electron chi connectivity index (χ2n) is 0. The van der Waals surface area contributed by atoms with Crippen LogP contribution in [0.25, 0.3) is 0 Å². The number of hydrogen-bond donors (Lipinski definition) is 0. The van der Waals surface area contributed by atoms with Crippen LogP contribution in [0, 0.1) is 0 Å². The molecule has 0 aliphatic carbocycles. The third kappa shape index (κ3) is 182. The van der Waals surface area contributed by atoms with Gasteiger partial charge in [0, 0.05) is 105 Å². The Balaban J connectivity index is -0.000000000500. The molecule has 0 heterocycles. The van der Waals surface area contributed by atoms with Gasteiger partial charge in [-0.3, -0.25) is 0 Å². The molecule has 0 aromatic heterocycles. The van der Waals surface area contributed by atoms with Gasteiger partial charge in [0.25, 0.3) is 0 Å². The van der Waals surface area contributed by atoms with Crippen molar-refractivity contribution in [2.75, 3.05) is 0 Å². The minimum absolute atomic E-state index is 0. The Bertz CT molecular complexity index is 15.9. The van der Waals surface area contributed by atoms with Crippen molar-refractivity contribution in [3.8, 4) is 0 Å². The molecule has 0 fully saturated rings. The van der Waals surface area contributed by atoms with E-state index in [1.54, 1.807) is 0 Å². The van der Waals surface area contributed by atoms with Gasteiger partial charge in [-0.1, -0.05) is 0 Å². The van der Waals surface area contributed by atoms with E-state index in [1.807, 2.05) is 0 Å². The summed E-state index contributed by atoms with van der Waals surface area (Å²) in [6.45, 7) is 0. The summed E-state index contributed by atoms with van der Waals surface area (Å²) in [5, 5.41) is 0. The first-order valence-electron chi connectivity index (χ1n) is 0.500. The fraction of sp³-hybridized carbons (Fsp3) is 0. The molecule has 0 nitrogen and oxygen atoms in total. The molecule has 0 N–H and O–H groups in total. The fourth-order valence-electron chi connectivity index (χ4n) is 0. The van der Waals surface area contributed by atoms with Crippen LogP contribution in [0.2, 0.25) is 0 Å². The van der Waals surface area contributed by atoms with E-state index in [2.05, 4.69) is 70.0 Å². The van der Waals surface area contributed by atoms with E-state index in [9.17, 15) is 0 Å². The summed E-state index contributed by atoms with van der Waals surface area (Å²) < 4.78 is 0. The van der Waals surface area contributed by atoms with Crippen LogP contribution in [0.1, 0.15) is 0 Å². The van der Waals surface area contributed by atoms with Crippen LogP contribution in [-0.4, -0.2) is 0 Å². The Morgan fingerprint density at radius 2 is 0.294 bits per heavy atom. The van der Waals surface area contributed by atoms with Crippen LogP contribution < -0.4 is 0 Å². The van der Waals surface area contributed by atoms with Crippen molar-refractivity contribution in [2.24, 2.45) is 0 Å². The normalized spacial score (nSPS) is 1.06. The largest absolute Gasteiger partial charge is 2.00 e. The fourth-order valence-corrected chi connectivity index (χ4v) is 0. The first-order chi connectivity index (χ1) is 3.00. The average molecular weight is 933 g/mol. The predicted molar refractivity (Wildman–Crippen MR) is 88.0 cm³/mol. The van der Waals surface area contributed by atoms with Gasteiger partial charge in [-0.15, -0.1) is 0 Å². The molecule has 116 valence electrons. The minimum Gasteiger partial charge on any atom is -1.00 e. The molecule has 0 bridgehead atoms. The van der Waals surface area contributed by atoms with E-state index in [0.717, 1.165) is 0 Å². The SMILES string of the molecule is [Mo+2].[Mo].[Mo].[Mo].[Mo].[Mo].[S-][S-].[S-][S-].[S-][S-].[SH-].[SH-].[SH-].[SH-].[SH-]. The van der Waals surface area contributed by atoms with Crippen molar-refractivity contribution in [3.63, 3.8) is 0 Å². The molecule has 0 amide bonds. The molecule has 0 radical (unpaired) electrons. The van der Waals surface area contributed by atoms with E-state index >= 15 is 0 Å². The molecule has 0 atom stereocenters. The maximum atomic E-state index is 3.67. The monoisotopic (exact) mass is 944 g/mol. The summed E-state index contributed by atoms with van der Waals surface area (Å²) in [4.78, 5) is 0. The summed E-state index contributed by atoms with van der Waals surface area (Å²) in [6.07, 6.45) is 0. The summed E-state index contributed by atoms with van der Waals surface area (Å²) in [5.74, 6) is 0. The summed E-state index contributed by atoms with van der Waals surface area (Å²) in [6, 6.07) is 0. The Hall–Kier alpha value is 7.98. The van der Waals surface area contributed by atoms with Crippen LogP contribution in [0.3, 0.4) is 0 Å². The van der Waals surface area contributed by atoms with E-state index < -0.39 is 0 Å². The Morgan fingerprint density at radius 3 is 0.294 bits per heavy atom. The topological polar surface area (TPSA) is 0 Å². The van der Waals surface area contributed by atoms with Crippen molar-refractivity contribution < 1.29 is 126 Å². The van der Waals surface area contributed by atoms with Crippen molar-refractivity contribution in [1.82, 2.24) is 0 Å². The molecular formula is H5Mo6S11-9. The molecule has 17 heteroatoms. The maximum absolute atomic E-state index is 3.67. The van der Waals surface area contributed by atoms with E-state index in [1.165, 1.54) is 0 Å². The Kier molecular flexibility index (Phi) is 1390. The van der Waals surface area contributed by atoms with Gasteiger partial charge in [0.1, 0.15) is 0 Å². The van der Waals surface area contributed by atoms with Crippen LogP contribution in [0.5, 0.6) is 0 Å². The van der Waals surface area contributed by atoms with Crippen LogP contribution >= 0.6 is 0 Å². The predicted octanol–water partition coefficient (Wildman–Crippen LogP) is -1.38. The summed E-state index contributed by atoms with van der Waals surface area (Å²) in [5.41, 5.74) is 0. The maximum Gasteiger partial charge on any atom is 2.00 e. The second-order valence-corrected chi connectivity index (χ2v) is 0. The van der Waals surface area contributed by atoms with E-state index in [0.29, 0.717) is 0 Å². The molecule has 0 aliphatic rings. The van der Waals surface area contributed by atoms with Gasteiger partial charge in [-0.25, -0.2) is 0 Å².